The van der Waals surface area contributed by atoms with Crippen molar-refractivity contribution in [3.63, 3.8) is 0 Å². The van der Waals surface area contributed by atoms with Gasteiger partial charge in [0.15, 0.2) is 6.04 Å². The molecule has 24 heavy (non-hydrogen) atoms. The van der Waals surface area contributed by atoms with Crippen LogP contribution in [-0.4, -0.2) is 52.7 Å². The van der Waals surface area contributed by atoms with Crippen LogP contribution in [0.1, 0.15) is 21.1 Å². The molecular weight excluding hydrogens is 328 g/mol. The molecule has 2 aromatic rings. The molecule has 0 spiro atoms. The Morgan fingerprint density at radius 2 is 2.08 bits per heavy atom. The number of aryl methyl sites for hydroxylation is 2. The third-order valence-electron chi connectivity index (χ3n) is 3.92. The Hall–Kier alpha value is -2.25. The minimum Gasteiger partial charge on any atom is -0.480 e. The van der Waals surface area contributed by atoms with Gasteiger partial charge >= 0.3 is 5.97 Å². The summed E-state index contributed by atoms with van der Waals surface area (Å²) in [4.78, 5) is 29.5. The maximum atomic E-state index is 12.6. The Morgan fingerprint density at radius 1 is 1.29 bits per heavy atom. The number of aromatic nitrogens is 1. The molecule has 1 amide bonds. The van der Waals surface area contributed by atoms with E-state index in [2.05, 4.69) is 17.1 Å². The summed E-state index contributed by atoms with van der Waals surface area (Å²) in [5.41, 5.74) is 1.54. The summed E-state index contributed by atoms with van der Waals surface area (Å²) in [6.07, 6.45) is 1.62. The Labute approximate surface area is 143 Å². The highest BCUT2D eigenvalue weighted by Gasteiger charge is 2.34. The summed E-state index contributed by atoms with van der Waals surface area (Å²) in [6, 6.07) is 9.15. The smallest absolute Gasteiger partial charge is 0.328 e. The van der Waals surface area contributed by atoms with Gasteiger partial charge in [0.1, 0.15) is 5.69 Å². The van der Waals surface area contributed by atoms with E-state index in [4.69, 9.17) is 4.74 Å². The predicted octanol–water partition coefficient (Wildman–Crippen LogP) is 1.85. The number of benzene rings is 1. The predicted molar refractivity (Wildman–Crippen MR) is 89.2 cm³/mol. The topological polar surface area (TPSA) is 79.7 Å². The van der Waals surface area contributed by atoms with Crippen molar-refractivity contribution >= 4 is 23.2 Å². The molecular formula is C17H18N2O4S. The van der Waals surface area contributed by atoms with Crippen molar-refractivity contribution in [3.05, 3.63) is 52.0 Å². The zero-order chi connectivity index (χ0) is 16.9. The van der Waals surface area contributed by atoms with Crippen molar-refractivity contribution in [1.82, 2.24) is 9.88 Å². The lowest BCUT2D eigenvalue weighted by Gasteiger charge is -2.32. The third kappa shape index (κ3) is 3.80. The second-order valence-electron chi connectivity index (χ2n) is 5.54. The molecule has 1 fully saturated rings. The summed E-state index contributed by atoms with van der Waals surface area (Å²) < 4.78 is 5.16. The SMILES string of the molecule is O=C(O)[C@H]1COCCN1C(=O)c1csc(CCc2ccccc2)n1. The molecule has 0 unspecified atom stereocenters. The summed E-state index contributed by atoms with van der Waals surface area (Å²) in [7, 11) is 0. The molecule has 1 saturated heterocycles. The van der Waals surface area contributed by atoms with E-state index in [1.165, 1.54) is 21.8 Å². The van der Waals surface area contributed by atoms with Gasteiger partial charge in [-0.15, -0.1) is 11.3 Å². The normalized spacial score (nSPS) is 17.7. The molecule has 7 heteroatoms. The first-order valence-electron chi connectivity index (χ1n) is 7.75. The zero-order valence-corrected chi connectivity index (χ0v) is 13.9. The molecule has 1 atom stereocenters. The lowest BCUT2D eigenvalue weighted by atomic mass is 10.1. The molecule has 6 nitrogen and oxygen atoms in total. The molecule has 2 heterocycles. The Balaban J connectivity index is 1.65. The van der Waals surface area contributed by atoms with Gasteiger partial charge in [0, 0.05) is 18.3 Å². The number of morpholine rings is 1. The molecule has 0 bridgehead atoms. The van der Waals surface area contributed by atoms with Gasteiger partial charge < -0.3 is 14.7 Å². The van der Waals surface area contributed by atoms with E-state index in [9.17, 15) is 14.7 Å². The third-order valence-corrected chi connectivity index (χ3v) is 4.82. The minimum atomic E-state index is -1.05. The molecule has 1 aromatic carbocycles. The number of hydrogen-bond donors (Lipinski definition) is 1. The number of carbonyl (C=O) groups is 2. The Morgan fingerprint density at radius 3 is 2.83 bits per heavy atom. The number of nitrogens with zero attached hydrogens (tertiary/aromatic N) is 2. The van der Waals surface area contributed by atoms with Crippen LogP contribution in [-0.2, 0) is 22.4 Å². The number of hydrogen-bond acceptors (Lipinski definition) is 5. The van der Waals surface area contributed by atoms with Gasteiger partial charge in [-0.25, -0.2) is 9.78 Å². The average Bonchev–Trinajstić information content (AvgIpc) is 3.09. The number of carbonyl (C=O) groups excluding carboxylic acids is 1. The highest BCUT2D eigenvalue weighted by Crippen LogP contribution is 2.17. The van der Waals surface area contributed by atoms with E-state index in [0.717, 1.165) is 17.8 Å². The summed E-state index contributed by atoms with van der Waals surface area (Å²) in [6.45, 7) is 0.638. The van der Waals surface area contributed by atoms with Gasteiger partial charge in [-0.2, -0.15) is 0 Å². The molecule has 1 aliphatic heterocycles. The van der Waals surface area contributed by atoms with Gasteiger partial charge in [0.05, 0.1) is 18.2 Å². The first kappa shape index (κ1) is 16.6. The van der Waals surface area contributed by atoms with Gasteiger partial charge in [0.25, 0.3) is 5.91 Å². The molecule has 1 aliphatic rings. The van der Waals surface area contributed by atoms with Crippen molar-refractivity contribution in [3.8, 4) is 0 Å². The van der Waals surface area contributed by atoms with E-state index in [1.54, 1.807) is 5.38 Å². The van der Waals surface area contributed by atoms with E-state index in [-0.39, 0.29) is 19.1 Å². The number of amides is 1. The number of carboxylic acids is 1. The van der Waals surface area contributed by atoms with Crippen molar-refractivity contribution < 1.29 is 19.4 Å². The highest BCUT2D eigenvalue weighted by molar-refractivity contribution is 7.09. The molecule has 0 saturated carbocycles. The van der Waals surface area contributed by atoms with E-state index < -0.39 is 12.0 Å². The van der Waals surface area contributed by atoms with Gasteiger partial charge in [0.2, 0.25) is 0 Å². The standard InChI is InChI=1S/C17H18N2O4S/c20-16(19-8-9-23-10-14(19)17(21)22)13-11-24-15(18-13)7-6-12-4-2-1-3-5-12/h1-5,11,14H,6-10H2,(H,21,22)/t14-/m1/s1. The van der Waals surface area contributed by atoms with Crippen molar-refractivity contribution in [1.29, 1.82) is 0 Å². The maximum absolute atomic E-state index is 12.6. The fourth-order valence-electron chi connectivity index (χ4n) is 2.62. The van der Waals surface area contributed by atoms with Crippen molar-refractivity contribution in [2.45, 2.75) is 18.9 Å². The van der Waals surface area contributed by atoms with Gasteiger partial charge in [-0.1, -0.05) is 30.3 Å². The monoisotopic (exact) mass is 346 g/mol. The van der Waals surface area contributed by atoms with Crippen molar-refractivity contribution in [2.24, 2.45) is 0 Å². The maximum Gasteiger partial charge on any atom is 0.328 e. The van der Waals surface area contributed by atoms with Crippen LogP contribution in [0.15, 0.2) is 35.7 Å². The second-order valence-corrected chi connectivity index (χ2v) is 6.48. The van der Waals surface area contributed by atoms with Crippen LogP contribution >= 0.6 is 11.3 Å². The van der Waals surface area contributed by atoms with Crippen LogP contribution in [0.4, 0.5) is 0 Å². The number of rotatable bonds is 5. The van der Waals surface area contributed by atoms with E-state index in [1.807, 2.05) is 18.2 Å². The van der Waals surface area contributed by atoms with E-state index in [0.29, 0.717) is 12.3 Å². The van der Waals surface area contributed by atoms with Crippen LogP contribution in [0.25, 0.3) is 0 Å². The highest BCUT2D eigenvalue weighted by atomic mass is 32.1. The second kappa shape index (κ2) is 7.55. The summed E-state index contributed by atoms with van der Waals surface area (Å²) in [5.74, 6) is -1.39. The zero-order valence-electron chi connectivity index (χ0n) is 13.1. The van der Waals surface area contributed by atoms with Gasteiger partial charge in [-0.3, -0.25) is 4.79 Å². The first-order valence-corrected chi connectivity index (χ1v) is 8.63. The quantitative estimate of drug-likeness (QED) is 0.894. The van der Waals surface area contributed by atoms with Crippen LogP contribution in [0.2, 0.25) is 0 Å². The van der Waals surface area contributed by atoms with Crippen molar-refractivity contribution in [2.75, 3.05) is 19.8 Å². The molecule has 0 aliphatic carbocycles. The lowest BCUT2D eigenvalue weighted by Crippen LogP contribution is -2.52. The van der Waals surface area contributed by atoms with Crippen LogP contribution < -0.4 is 0 Å². The summed E-state index contributed by atoms with van der Waals surface area (Å²) >= 11 is 1.43. The average molecular weight is 346 g/mol. The fraction of sp³-hybridized carbons (Fsp3) is 0.353. The molecule has 1 aromatic heterocycles. The van der Waals surface area contributed by atoms with E-state index >= 15 is 0 Å². The fourth-order valence-corrected chi connectivity index (χ4v) is 3.39. The van der Waals surface area contributed by atoms with Gasteiger partial charge in [-0.05, 0) is 12.0 Å². The molecule has 126 valence electrons. The molecule has 0 radical (unpaired) electrons. The molecule has 1 N–H and O–H groups in total. The summed E-state index contributed by atoms with van der Waals surface area (Å²) in [5, 5.41) is 11.8. The Bertz CT molecular complexity index is 716. The number of thiazole rings is 1. The van der Waals surface area contributed by atoms with Crippen LogP contribution in [0.3, 0.4) is 0 Å². The number of carboxylic acid groups (broad SMARTS) is 1. The lowest BCUT2D eigenvalue weighted by molar-refractivity contribution is -0.147. The molecule has 3 rings (SSSR count). The first-order chi connectivity index (χ1) is 11.6. The Kier molecular flexibility index (Phi) is 5.22. The number of aliphatic carboxylic acids is 1. The number of ether oxygens (including phenoxy) is 1. The minimum absolute atomic E-state index is 0.0199. The van der Waals surface area contributed by atoms with Crippen LogP contribution in [0.5, 0.6) is 0 Å². The largest absolute Gasteiger partial charge is 0.480 e. The van der Waals surface area contributed by atoms with Crippen LogP contribution in [0, 0.1) is 0 Å².